The molecule has 0 saturated heterocycles. The third kappa shape index (κ3) is 5.32. The molecule has 0 radical (unpaired) electrons. The third-order valence-electron chi connectivity index (χ3n) is 5.84. The van der Waals surface area contributed by atoms with Gasteiger partial charge < -0.3 is 14.5 Å². The van der Waals surface area contributed by atoms with Crippen LogP contribution in [-0.4, -0.2) is 56.3 Å². The predicted molar refractivity (Wildman–Crippen MR) is 143 cm³/mol. The summed E-state index contributed by atoms with van der Waals surface area (Å²) in [4.78, 5) is 36.9. The van der Waals surface area contributed by atoms with Crippen molar-refractivity contribution in [2.75, 3.05) is 45.7 Å². The summed E-state index contributed by atoms with van der Waals surface area (Å²) in [7, 11) is 6.20. The van der Waals surface area contributed by atoms with Gasteiger partial charge in [0.05, 0.1) is 22.4 Å². The molecule has 0 fully saturated rings. The van der Waals surface area contributed by atoms with Crippen LogP contribution >= 0.6 is 22.7 Å². The van der Waals surface area contributed by atoms with Crippen molar-refractivity contribution in [1.82, 2.24) is 9.47 Å². The number of benzene rings is 1. The normalized spacial score (nSPS) is 15.8. The molecule has 184 valence electrons. The van der Waals surface area contributed by atoms with Gasteiger partial charge in [-0.3, -0.25) is 9.36 Å². The van der Waals surface area contributed by atoms with Gasteiger partial charge >= 0.3 is 5.97 Å². The highest BCUT2D eigenvalue weighted by Crippen LogP contribution is 2.33. The molecule has 2 aromatic heterocycles. The van der Waals surface area contributed by atoms with Crippen molar-refractivity contribution in [3.63, 3.8) is 0 Å². The molecule has 1 unspecified atom stereocenters. The van der Waals surface area contributed by atoms with Gasteiger partial charge in [-0.2, -0.15) is 0 Å². The highest BCUT2D eigenvalue weighted by atomic mass is 32.1. The molecule has 0 amide bonds. The van der Waals surface area contributed by atoms with Crippen molar-refractivity contribution in [2.45, 2.75) is 19.9 Å². The first kappa shape index (κ1) is 25.1. The molecule has 7 nitrogen and oxygen atoms in total. The highest BCUT2D eigenvalue weighted by molar-refractivity contribution is 7.10. The summed E-state index contributed by atoms with van der Waals surface area (Å²) in [5, 5.41) is 1.94. The van der Waals surface area contributed by atoms with Crippen molar-refractivity contribution >= 4 is 40.4 Å². The number of hydrogen-bond acceptors (Lipinski definition) is 8. The summed E-state index contributed by atoms with van der Waals surface area (Å²) in [5.41, 5.74) is 2.90. The fourth-order valence-electron chi connectivity index (χ4n) is 3.96. The lowest BCUT2D eigenvalue weighted by Crippen LogP contribution is -2.39. The van der Waals surface area contributed by atoms with Crippen molar-refractivity contribution in [2.24, 2.45) is 4.99 Å². The molecule has 4 rings (SSSR count). The maximum Gasteiger partial charge on any atom is 0.338 e. The average Bonchev–Trinajstić information content (AvgIpc) is 3.46. The SMILES string of the molecule is CCOC(=O)C1=C(C)N=c2s/c(=C\c3ccc(N(C)CCN(C)C)cc3)c(=O)n2C1c1cccs1. The number of rotatable bonds is 8. The predicted octanol–water partition coefficient (Wildman–Crippen LogP) is 2.86. The van der Waals surface area contributed by atoms with Crippen molar-refractivity contribution in [1.29, 1.82) is 0 Å². The summed E-state index contributed by atoms with van der Waals surface area (Å²) in [6.45, 7) is 5.73. The average molecular weight is 511 g/mol. The van der Waals surface area contributed by atoms with E-state index in [1.54, 1.807) is 18.4 Å². The first-order chi connectivity index (χ1) is 16.8. The van der Waals surface area contributed by atoms with Crippen molar-refractivity contribution in [3.05, 3.63) is 83.2 Å². The van der Waals surface area contributed by atoms with Crippen LogP contribution in [0, 0.1) is 0 Å². The van der Waals surface area contributed by atoms with E-state index in [9.17, 15) is 9.59 Å². The lowest BCUT2D eigenvalue weighted by Gasteiger charge is -2.23. The largest absolute Gasteiger partial charge is 0.463 e. The number of carbonyl (C=O) groups excluding carboxylic acids is 1. The van der Waals surface area contributed by atoms with Gasteiger partial charge in [-0.25, -0.2) is 9.79 Å². The molecule has 1 aliphatic rings. The maximum absolute atomic E-state index is 13.6. The molecule has 35 heavy (non-hydrogen) atoms. The summed E-state index contributed by atoms with van der Waals surface area (Å²) in [6.07, 6.45) is 1.89. The molecule has 0 spiro atoms. The molecule has 9 heteroatoms. The topological polar surface area (TPSA) is 67.1 Å². The minimum Gasteiger partial charge on any atom is -0.463 e. The Bertz CT molecular complexity index is 1400. The molecule has 3 aromatic rings. The van der Waals surface area contributed by atoms with Crippen LogP contribution in [0.3, 0.4) is 0 Å². The monoisotopic (exact) mass is 510 g/mol. The van der Waals surface area contributed by atoms with Crippen molar-refractivity contribution in [3.8, 4) is 0 Å². The van der Waals surface area contributed by atoms with Gasteiger partial charge in [-0.05, 0) is 63.2 Å². The van der Waals surface area contributed by atoms with Gasteiger partial charge in [0.2, 0.25) is 0 Å². The summed E-state index contributed by atoms with van der Waals surface area (Å²) in [6, 6.07) is 11.5. The second kappa shape index (κ2) is 10.7. The fourth-order valence-corrected chi connectivity index (χ4v) is 5.83. The Morgan fingerprint density at radius 2 is 1.91 bits per heavy atom. The zero-order valence-electron chi connectivity index (χ0n) is 20.6. The Morgan fingerprint density at radius 1 is 1.17 bits per heavy atom. The van der Waals surface area contributed by atoms with E-state index < -0.39 is 12.0 Å². The molecule has 0 N–H and O–H groups in total. The first-order valence-corrected chi connectivity index (χ1v) is 13.2. The molecule has 3 heterocycles. The Labute approximate surface area is 212 Å². The molecule has 0 aliphatic carbocycles. The van der Waals surface area contributed by atoms with Gasteiger partial charge in [0.1, 0.15) is 6.04 Å². The Morgan fingerprint density at radius 3 is 2.54 bits per heavy atom. The van der Waals surface area contributed by atoms with E-state index in [0.29, 0.717) is 20.6 Å². The van der Waals surface area contributed by atoms with Gasteiger partial charge in [-0.15, -0.1) is 11.3 Å². The Hall–Kier alpha value is -3.01. The molecular weight excluding hydrogens is 480 g/mol. The van der Waals surface area contributed by atoms with Crippen LogP contribution in [0.25, 0.3) is 6.08 Å². The van der Waals surface area contributed by atoms with E-state index in [1.165, 1.54) is 22.7 Å². The van der Waals surface area contributed by atoms with Crippen molar-refractivity contribution < 1.29 is 9.53 Å². The summed E-state index contributed by atoms with van der Waals surface area (Å²) >= 11 is 2.85. The summed E-state index contributed by atoms with van der Waals surface area (Å²) in [5.74, 6) is -0.435. The Kier molecular flexibility index (Phi) is 7.69. The quantitative estimate of drug-likeness (QED) is 0.436. The first-order valence-electron chi connectivity index (χ1n) is 11.5. The number of anilines is 1. The van der Waals surface area contributed by atoms with Gasteiger partial charge in [0, 0.05) is 30.7 Å². The van der Waals surface area contributed by atoms with E-state index in [1.807, 2.05) is 35.7 Å². The molecule has 1 aromatic carbocycles. The minimum atomic E-state index is -0.542. The molecule has 1 atom stereocenters. The fraction of sp³-hybridized carbons (Fsp3) is 0.346. The number of likely N-dealkylation sites (N-methyl/N-ethyl adjacent to an activating group) is 2. The number of fused-ring (bicyclic) bond motifs is 1. The highest BCUT2D eigenvalue weighted by Gasteiger charge is 2.33. The van der Waals surface area contributed by atoms with Crippen LogP contribution in [0.15, 0.2) is 62.8 Å². The molecule has 0 saturated carbocycles. The number of allylic oxidation sites excluding steroid dienone is 1. The van der Waals surface area contributed by atoms with Crippen LogP contribution in [-0.2, 0) is 9.53 Å². The van der Waals surface area contributed by atoms with Gasteiger partial charge in [-0.1, -0.05) is 29.5 Å². The Balaban J connectivity index is 1.73. The van der Waals surface area contributed by atoms with E-state index in [4.69, 9.17) is 4.74 Å². The van der Waals surface area contributed by atoms with E-state index in [2.05, 4.69) is 48.1 Å². The molecule has 1 aliphatic heterocycles. The van der Waals surface area contributed by atoms with Gasteiger partial charge in [0.15, 0.2) is 4.80 Å². The smallest absolute Gasteiger partial charge is 0.338 e. The number of ether oxygens (including phenoxy) is 1. The zero-order chi connectivity index (χ0) is 25.1. The number of thiophene rings is 1. The number of nitrogens with zero attached hydrogens (tertiary/aromatic N) is 4. The lowest BCUT2D eigenvalue weighted by molar-refractivity contribution is -0.139. The second-order valence-electron chi connectivity index (χ2n) is 8.63. The zero-order valence-corrected chi connectivity index (χ0v) is 22.3. The van der Waals surface area contributed by atoms with Crippen LogP contribution in [0.2, 0.25) is 0 Å². The van der Waals surface area contributed by atoms with E-state index in [-0.39, 0.29) is 12.2 Å². The standard InChI is InChI=1S/C26H30N4O3S2/c1-6-33-25(32)22-17(2)27-26-30(23(22)20-8-7-15-34-20)24(31)21(35-26)16-18-9-11-19(12-10-18)29(5)14-13-28(3)4/h7-12,15-16,23H,6,13-14H2,1-5H3/b21-16-. The van der Waals surface area contributed by atoms with Crippen LogP contribution < -0.4 is 19.8 Å². The lowest BCUT2D eigenvalue weighted by atomic mass is 10.0. The van der Waals surface area contributed by atoms with E-state index >= 15 is 0 Å². The summed E-state index contributed by atoms with van der Waals surface area (Å²) < 4.78 is 7.53. The van der Waals surface area contributed by atoms with Gasteiger partial charge in [0.25, 0.3) is 5.56 Å². The van der Waals surface area contributed by atoms with Crippen LogP contribution in [0.4, 0.5) is 5.69 Å². The number of carbonyl (C=O) groups is 1. The minimum absolute atomic E-state index is 0.159. The number of thiazole rings is 1. The van der Waals surface area contributed by atoms with E-state index in [0.717, 1.165) is 29.2 Å². The number of hydrogen-bond donors (Lipinski definition) is 0. The number of esters is 1. The molecule has 0 bridgehead atoms. The second-order valence-corrected chi connectivity index (χ2v) is 10.6. The molecular formula is C26H30N4O3S2. The number of aromatic nitrogens is 1. The van der Waals surface area contributed by atoms with Crippen LogP contribution in [0.1, 0.15) is 30.3 Å². The van der Waals surface area contributed by atoms with Crippen LogP contribution in [0.5, 0.6) is 0 Å². The maximum atomic E-state index is 13.6. The third-order valence-corrected chi connectivity index (χ3v) is 7.75.